The van der Waals surface area contributed by atoms with Crippen molar-refractivity contribution >= 4 is 29.1 Å². The van der Waals surface area contributed by atoms with Gasteiger partial charge in [-0.2, -0.15) is 0 Å². The Morgan fingerprint density at radius 1 is 0.846 bits per heavy atom. The summed E-state index contributed by atoms with van der Waals surface area (Å²) in [5.74, 6) is 0.249. The minimum absolute atomic E-state index is 0.0519. The Balaban J connectivity index is 1.16. The predicted octanol–water partition coefficient (Wildman–Crippen LogP) is 5.83. The number of hydrogen-bond acceptors (Lipinski definition) is 8. The van der Waals surface area contributed by atoms with E-state index in [1.165, 1.54) is 7.11 Å². The van der Waals surface area contributed by atoms with Gasteiger partial charge in [-0.15, -0.1) is 0 Å². The zero-order valence-corrected chi connectivity index (χ0v) is 30.5. The molecule has 274 valence electrons. The van der Waals surface area contributed by atoms with Crippen LogP contribution in [0.2, 0.25) is 0 Å². The van der Waals surface area contributed by atoms with Crippen molar-refractivity contribution in [2.24, 2.45) is 5.73 Å². The zero-order valence-electron chi connectivity index (χ0n) is 30.5. The van der Waals surface area contributed by atoms with E-state index < -0.39 is 0 Å². The molecule has 0 bridgehead atoms. The number of likely N-dealkylation sites (tertiary alicyclic amines) is 1. The third-order valence-electron chi connectivity index (χ3n) is 9.32. The molecule has 0 aromatic heterocycles. The minimum Gasteiger partial charge on any atom is -0.495 e. The molecule has 52 heavy (non-hydrogen) atoms. The molecular weight excluding hydrogens is 658 g/mol. The fourth-order valence-electron chi connectivity index (χ4n) is 6.18. The topological polar surface area (TPSA) is 127 Å². The monoisotopic (exact) mass is 707 g/mol. The van der Waals surface area contributed by atoms with E-state index in [4.69, 9.17) is 19.9 Å². The standard InChI is InChI=1S/C41H49N5O6/c1-44(2)32-20-23-46(24-21-32)41(49)34-11-6-5-10-31(34)28-51-27-29-14-17-33(18-15-29)45(3)40(48)30-16-19-36(38(26-30)50-4)43-39(47)35-12-7-8-13-37(35)52-25-9-22-42/h5-8,10-19,26,32H,9,20-25,27-28,42H2,1-4H3,(H,43,47). The van der Waals surface area contributed by atoms with Crippen LogP contribution in [0.4, 0.5) is 11.4 Å². The van der Waals surface area contributed by atoms with Crippen molar-refractivity contribution in [2.75, 3.05) is 64.7 Å². The number of amides is 3. The number of nitrogens with one attached hydrogen (secondary N) is 1. The van der Waals surface area contributed by atoms with E-state index in [1.807, 2.05) is 53.4 Å². The van der Waals surface area contributed by atoms with Crippen molar-refractivity contribution in [3.63, 3.8) is 0 Å². The highest BCUT2D eigenvalue weighted by Crippen LogP contribution is 2.29. The lowest BCUT2D eigenvalue weighted by Gasteiger charge is -2.35. The van der Waals surface area contributed by atoms with Gasteiger partial charge in [0, 0.05) is 43.0 Å². The fraction of sp³-hybridized carbons (Fsp3) is 0.341. The van der Waals surface area contributed by atoms with Crippen LogP contribution in [0.1, 0.15) is 61.5 Å². The molecule has 1 saturated heterocycles. The molecule has 0 unspecified atom stereocenters. The third-order valence-corrected chi connectivity index (χ3v) is 9.32. The number of ether oxygens (including phenoxy) is 3. The maximum Gasteiger partial charge on any atom is 0.259 e. The van der Waals surface area contributed by atoms with Gasteiger partial charge in [-0.05, 0) is 99.6 Å². The Labute approximate surface area is 306 Å². The first-order valence-electron chi connectivity index (χ1n) is 17.6. The molecule has 11 nitrogen and oxygen atoms in total. The van der Waals surface area contributed by atoms with Gasteiger partial charge >= 0.3 is 0 Å². The minimum atomic E-state index is -0.365. The summed E-state index contributed by atoms with van der Waals surface area (Å²) in [4.78, 5) is 45.8. The molecule has 5 rings (SSSR count). The largest absolute Gasteiger partial charge is 0.495 e. The van der Waals surface area contributed by atoms with Crippen LogP contribution in [0.15, 0.2) is 91.0 Å². The van der Waals surface area contributed by atoms with Gasteiger partial charge in [0.05, 0.1) is 38.2 Å². The van der Waals surface area contributed by atoms with Gasteiger partial charge in [-0.1, -0.05) is 42.5 Å². The van der Waals surface area contributed by atoms with E-state index in [0.717, 1.165) is 37.1 Å². The molecule has 0 atom stereocenters. The molecule has 1 fully saturated rings. The summed E-state index contributed by atoms with van der Waals surface area (Å²) in [6, 6.07) is 27.6. The molecule has 11 heteroatoms. The van der Waals surface area contributed by atoms with Crippen LogP contribution in [0, 0.1) is 0 Å². The fourth-order valence-corrected chi connectivity index (χ4v) is 6.18. The van der Waals surface area contributed by atoms with Gasteiger partial charge in [0.25, 0.3) is 17.7 Å². The predicted molar refractivity (Wildman–Crippen MR) is 203 cm³/mol. The average Bonchev–Trinajstić information content (AvgIpc) is 3.18. The van der Waals surface area contributed by atoms with E-state index in [1.54, 1.807) is 54.4 Å². The summed E-state index contributed by atoms with van der Waals surface area (Å²) in [7, 11) is 7.37. The molecule has 0 saturated carbocycles. The number of nitrogens with two attached hydrogens (primary N) is 1. The lowest BCUT2D eigenvalue weighted by atomic mass is 10.0. The smallest absolute Gasteiger partial charge is 0.259 e. The van der Waals surface area contributed by atoms with E-state index in [0.29, 0.717) is 78.4 Å². The van der Waals surface area contributed by atoms with Crippen molar-refractivity contribution in [1.82, 2.24) is 9.80 Å². The van der Waals surface area contributed by atoms with Gasteiger partial charge in [0.2, 0.25) is 0 Å². The van der Waals surface area contributed by atoms with Crippen LogP contribution in [0.5, 0.6) is 11.5 Å². The molecule has 1 aliphatic heterocycles. The van der Waals surface area contributed by atoms with Gasteiger partial charge in [-0.25, -0.2) is 0 Å². The maximum absolute atomic E-state index is 13.5. The molecule has 3 N–H and O–H groups in total. The number of anilines is 2. The average molecular weight is 708 g/mol. The SMILES string of the molecule is COc1cc(C(=O)N(C)c2ccc(COCc3ccccc3C(=O)N3CCC(N(C)C)CC3)cc2)ccc1NC(=O)c1ccccc1OCCCN. The molecule has 1 heterocycles. The molecule has 1 aliphatic rings. The first kappa shape index (κ1) is 38.0. The van der Waals surface area contributed by atoms with E-state index in [-0.39, 0.29) is 17.7 Å². The summed E-state index contributed by atoms with van der Waals surface area (Å²) < 4.78 is 17.4. The summed E-state index contributed by atoms with van der Waals surface area (Å²) in [5, 5.41) is 2.87. The number of carbonyl (C=O) groups is 3. The van der Waals surface area contributed by atoms with Crippen LogP contribution in [-0.4, -0.2) is 88.1 Å². The van der Waals surface area contributed by atoms with Gasteiger partial charge in [-0.3, -0.25) is 14.4 Å². The quantitative estimate of drug-likeness (QED) is 0.148. The number of para-hydroxylation sites is 1. The Morgan fingerprint density at radius 2 is 1.54 bits per heavy atom. The van der Waals surface area contributed by atoms with E-state index in [2.05, 4.69) is 24.3 Å². The lowest BCUT2D eigenvalue weighted by molar-refractivity contribution is 0.0652. The zero-order chi connectivity index (χ0) is 37.0. The van der Waals surface area contributed by atoms with Crippen LogP contribution < -0.4 is 25.4 Å². The number of methoxy groups -OCH3 is 1. The number of benzene rings is 4. The van der Waals surface area contributed by atoms with Crippen molar-refractivity contribution in [1.29, 1.82) is 0 Å². The number of hydrogen-bond donors (Lipinski definition) is 2. The highest BCUT2D eigenvalue weighted by molar-refractivity contribution is 6.09. The first-order chi connectivity index (χ1) is 25.2. The highest BCUT2D eigenvalue weighted by atomic mass is 16.5. The molecule has 3 amide bonds. The molecule has 4 aromatic carbocycles. The first-order valence-corrected chi connectivity index (χ1v) is 17.6. The number of carbonyl (C=O) groups excluding carboxylic acids is 3. The second kappa shape index (κ2) is 18.3. The third kappa shape index (κ3) is 9.55. The van der Waals surface area contributed by atoms with Crippen LogP contribution >= 0.6 is 0 Å². The summed E-state index contributed by atoms with van der Waals surface area (Å²) >= 11 is 0. The Kier molecular flexibility index (Phi) is 13.4. The second-order valence-electron chi connectivity index (χ2n) is 13.0. The summed E-state index contributed by atoms with van der Waals surface area (Å²) in [6.07, 6.45) is 2.61. The number of piperidine rings is 1. The summed E-state index contributed by atoms with van der Waals surface area (Å²) in [6.45, 7) is 3.05. The van der Waals surface area contributed by atoms with Gasteiger partial charge < -0.3 is 40.0 Å². The second-order valence-corrected chi connectivity index (χ2v) is 13.0. The number of nitrogens with zero attached hydrogens (tertiary/aromatic N) is 3. The Morgan fingerprint density at radius 3 is 2.23 bits per heavy atom. The van der Waals surface area contributed by atoms with Crippen molar-refractivity contribution in [3.8, 4) is 11.5 Å². The normalized spacial score (nSPS) is 13.2. The maximum atomic E-state index is 13.5. The van der Waals surface area contributed by atoms with Gasteiger partial charge in [0.15, 0.2) is 0 Å². The molecule has 0 aliphatic carbocycles. The Bertz CT molecular complexity index is 1820. The van der Waals surface area contributed by atoms with Crippen LogP contribution in [0.25, 0.3) is 0 Å². The van der Waals surface area contributed by atoms with Crippen LogP contribution in [0.3, 0.4) is 0 Å². The molecular formula is C41H49N5O6. The molecule has 4 aromatic rings. The van der Waals surface area contributed by atoms with E-state index >= 15 is 0 Å². The van der Waals surface area contributed by atoms with E-state index in [9.17, 15) is 14.4 Å². The van der Waals surface area contributed by atoms with Crippen molar-refractivity contribution < 1.29 is 28.6 Å². The highest BCUT2D eigenvalue weighted by Gasteiger charge is 2.26. The van der Waals surface area contributed by atoms with Crippen molar-refractivity contribution in [3.05, 3.63) is 119 Å². The van der Waals surface area contributed by atoms with Crippen molar-refractivity contribution in [2.45, 2.75) is 38.5 Å². The van der Waals surface area contributed by atoms with Gasteiger partial charge in [0.1, 0.15) is 11.5 Å². The van der Waals surface area contributed by atoms with Crippen LogP contribution in [-0.2, 0) is 18.0 Å². The molecule has 0 radical (unpaired) electrons. The lowest BCUT2D eigenvalue weighted by Crippen LogP contribution is -2.44. The number of rotatable bonds is 15. The summed E-state index contributed by atoms with van der Waals surface area (Å²) in [5.41, 5.74) is 9.94. The Hall–Kier alpha value is -5.23. The molecule has 0 spiro atoms.